The summed E-state index contributed by atoms with van der Waals surface area (Å²) in [4.78, 5) is 26.4. The molecule has 0 aromatic rings. The second kappa shape index (κ2) is 8.08. The summed E-state index contributed by atoms with van der Waals surface area (Å²) in [5.41, 5.74) is 0. The van der Waals surface area contributed by atoms with Crippen LogP contribution in [0.5, 0.6) is 0 Å². The van der Waals surface area contributed by atoms with Crippen molar-refractivity contribution in [2.45, 2.75) is 53.1 Å². The van der Waals surface area contributed by atoms with Crippen molar-refractivity contribution < 1.29 is 14.7 Å². The fourth-order valence-electron chi connectivity index (χ4n) is 2.17. The van der Waals surface area contributed by atoms with Crippen molar-refractivity contribution in [3.63, 3.8) is 0 Å². The predicted octanol–water partition coefficient (Wildman–Crippen LogP) is 1.43. The molecule has 0 aliphatic heterocycles. The highest BCUT2D eigenvalue weighted by molar-refractivity contribution is 5.79. The Morgan fingerprint density at radius 1 is 1.06 bits per heavy atom. The number of hydrogen-bond donors (Lipinski definition) is 1. The lowest BCUT2D eigenvalue weighted by Crippen LogP contribution is -2.48. The standard InChI is InChI=1S/C13H26N2O3/c1-6-7-14(9-13(17)18)8-12(16)15(10(2)3)11(4)5/h10-11H,6-9H2,1-5H3,(H,17,18). The molecule has 5 heteroatoms. The molecule has 18 heavy (non-hydrogen) atoms. The average Bonchev–Trinajstić information content (AvgIpc) is 2.14. The maximum atomic E-state index is 12.2. The fourth-order valence-corrected chi connectivity index (χ4v) is 2.17. The van der Waals surface area contributed by atoms with Crippen LogP contribution in [-0.4, -0.2) is 58.5 Å². The molecular weight excluding hydrogens is 232 g/mol. The summed E-state index contributed by atoms with van der Waals surface area (Å²) in [5, 5.41) is 8.81. The van der Waals surface area contributed by atoms with Crippen LogP contribution in [0.25, 0.3) is 0 Å². The Morgan fingerprint density at radius 3 is 1.89 bits per heavy atom. The van der Waals surface area contributed by atoms with E-state index in [-0.39, 0.29) is 31.1 Å². The quantitative estimate of drug-likeness (QED) is 0.715. The topological polar surface area (TPSA) is 60.9 Å². The van der Waals surface area contributed by atoms with Crippen LogP contribution in [0.4, 0.5) is 0 Å². The molecule has 5 nitrogen and oxygen atoms in total. The summed E-state index contributed by atoms with van der Waals surface area (Å²) in [7, 11) is 0. The van der Waals surface area contributed by atoms with Gasteiger partial charge in [0.25, 0.3) is 0 Å². The highest BCUT2D eigenvalue weighted by Crippen LogP contribution is 2.07. The molecule has 0 unspecified atom stereocenters. The minimum Gasteiger partial charge on any atom is -0.480 e. The Balaban J connectivity index is 4.60. The smallest absolute Gasteiger partial charge is 0.317 e. The molecule has 0 saturated heterocycles. The summed E-state index contributed by atoms with van der Waals surface area (Å²) >= 11 is 0. The van der Waals surface area contributed by atoms with Gasteiger partial charge in [-0.3, -0.25) is 14.5 Å². The van der Waals surface area contributed by atoms with Crippen LogP contribution >= 0.6 is 0 Å². The molecule has 0 fully saturated rings. The third kappa shape index (κ3) is 6.00. The first-order valence-electron chi connectivity index (χ1n) is 6.54. The van der Waals surface area contributed by atoms with Crippen LogP contribution in [-0.2, 0) is 9.59 Å². The van der Waals surface area contributed by atoms with Gasteiger partial charge in [-0.05, 0) is 40.7 Å². The van der Waals surface area contributed by atoms with Gasteiger partial charge in [0, 0.05) is 12.1 Å². The minimum atomic E-state index is -0.892. The van der Waals surface area contributed by atoms with E-state index < -0.39 is 5.97 Å². The number of carbonyl (C=O) groups excluding carboxylic acids is 1. The normalized spacial score (nSPS) is 11.3. The first-order chi connectivity index (χ1) is 8.29. The zero-order chi connectivity index (χ0) is 14.3. The molecule has 0 radical (unpaired) electrons. The largest absolute Gasteiger partial charge is 0.480 e. The lowest BCUT2D eigenvalue weighted by atomic mass is 10.2. The van der Waals surface area contributed by atoms with Gasteiger partial charge in [0.15, 0.2) is 0 Å². The van der Waals surface area contributed by atoms with Gasteiger partial charge in [0.1, 0.15) is 0 Å². The molecule has 0 aromatic heterocycles. The second-order valence-electron chi connectivity index (χ2n) is 5.09. The van der Waals surface area contributed by atoms with E-state index in [0.29, 0.717) is 6.54 Å². The Morgan fingerprint density at radius 2 is 1.56 bits per heavy atom. The first-order valence-corrected chi connectivity index (χ1v) is 6.54. The number of nitrogens with zero attached hydrogens (tertiary/aromatic N) is 2. The SMILES string of the molecule is CCCN(CC(=O)O)CC(=O)N(C(C)C)C(C)C. The molecule has 0 aliphatic carbocycles. The van der Waals surface area contributed by atoms with Gasteiger partial charge >= 0.3 is 5.97 Å². The van der Waals surface area contributed by atoms with Gasteiger partial charge in [-0.2, -0.15) is 0 Å². The van der Waals surface area contributed by atoms with E-state index >= 15 is 0 Å². The summed E-state index contributed by atoms with van der Waals surface area (Å²) in [6.45, 7) is 10.6. The molecule has 0 spiro atoms. The molecule has 0 aromatic carbocycles. The molecule has 106 valence electrons. The zero-order valence-corrected chi connectivity index (χ0v) is 12.1. The van der Waals surface area contributed by atoms with E-state index in [9.17, 15) is 9.59 Å². The summed E-state index contributed by atoms with van der Waals surface area (Å²) in [6.07, 6.45) is 0.837. The average molecular weight is 258 g/mol. The van der Waals surface area contributed by atoms with Gasteiger partial charge in [-0.1, -0.05) is 6.92 Å². The molecule has 1 amide bonds. The van der Waals surface area contributed by atoms with Gasteiger partial charge in [0.2, 0.25) is 5.91 Å². The maximum Gasteiger partial charge on any atom is 0.317 e. The summed E-state index contributed by atoms with van der Waals surface area (Å²) in [6, 6.07) is 0.261. The highest BCUT2D eigenvalue weighted by Gasteiger charge is 2.22. The van der Waals surface area contributed by atoms with E-state index in [2.05, 4.69) is 0 Å². The van der Waals surface area contributed by atoms with Crippen LogP contribution < -0.4 is 0 Å². The van der Waals surface area contributed by atoms with E-state index in [0.717, 1.165) is 6.42 Å². The minimum absolute atomic E-state index is 0.00491. The third-order valence-electron chi connectivity index (χ3n) is 2.66. The highest BCUT2D eigenvalue weighted by atomic mass is 16.4. The Bertz CT molecular complexity index is 269. The van der Waals surface area contributed by atoms with Crippen LogP contribution in [0, 0.1) is 0 Å². The van der Waals surface area contributed by atoms with E-state index in [4.69, 9.17) is 5.11 Å². The number of hydrogen-bond acceptors (Lipinski definition) is 3. The van der Waals surface area contributed by atoms with Crippen LogP contribution in [0.15, 0.2) is 0 Å². The second-order valence-corrected chi connectivity index (χ2v) is 5.09. The Hall–Kier alpha value is -1.10. The first kappa shape index (κ1) is 16.9. The van der Waals surface area contributed by atoms with Crippen LogP contribution in [0.2, 0.25) is 0 Å². The summed E-state index contributed by atoms with van der Waals surface area (Å²) in [5.74, 6) is -0.897. The van der Waals surface area contributed by atoms with Crippen molar-refractivity contribution in [2.24, 2.45) is 0 Å². The predicted molar refractivity (Wildman–Crippen MR) is 71.5 cm³/mol. The Kier molecular flexibility index (Phi) is 7.59. The van der Waals surface area contributed by atoms with Gasteiger partial charge in [-0.25, -0.2) is 0 Å². The molecular formula is C13H26N2O3. The molecule has 0 rings (SSSR count). The Labute approximate surface area is 110 Å². The molecule has 0 bridgehead atoms. The van der Waals surface area contributed by atoms with Crippen LogP contribution in [0.3, 0.4) is 0 Å². The number of carbonyl (C=O) groups is 2. The lowest BCUT2D eigenvalue weighted by Gasteiger charge is -2.32. The van der Waals surface area contributed by atoms with Gasteiger partial charge in [-0.15, -0.1) is 0 Å². The monoisotopic (exact) mass is 258 g/mol. The van der Waals surface area contributed by atoms with Crippen molar-refractivity contribution in [3.8, 4) is 0 Å². The molecule has 1 N–H and O–H groups in total. The lowest BCUT2D eigenvalue weighted by molar-refractivity contribution is -0.140. The maximum absolute atomic E-state index is 12.2. The van der Waals surface area contributed by atoms with Crippen molar-refractivity contribution in [2.75, 3.05) is 19.6 Å². The number of carboxylic acids is 1. The van der Waals surface area contributed by atoms with Crippen molar-refractivity contribution >= 4 is 11.9 Å². The zero-order valence-electron chi connectivity index (χ0n) is 12.1. The summed E-state index contributed by atoms with van der Waals surface area (Å²) < 4.78 is 0. The molecule has 0 aliphatic rings. The van der Waals surface area contributed by atoms with Gasteiger partial charge < -0.3 is 10.0 Å². The molecule has 0 saturated carbocycles. The van der Waals surface area contributed by atoms with Crippen molar-refractivity contribution in [1.29, 1.82) is 0 Å². The van der Waals surface area contributed by atoms with Crippen molar-refractivity contribution in [1.82, 2.24) is 9.80 Å². The van der Waals surface area contributed by atoms with E-state index in [1.54, 1.807) is 9.80 Å². The van der Waals surface area contributed by atoms with E-state index in [1.165, 1.54) is 0 Å². The van der Waals surface area contributed by atoms with Crippen molar-refractivity contribution in [3.05, 3.63) is 0 Å². The van der Waals surface area contributed by atoms with E-state index in [1.807, 2.05) is 34.6 Å². The number of carboxylic acid groups (broad SMARTS) is 1. The molecule has 0 heterocycles. The number of rotatable bonds is 8. The van der Waals surface area contributed by atoms with Crippen LogP contribution in [0.1, 0.15) is 41.0 Å². The molecule has 0 atom stereocenters. The third-order valence-corrected chi connectivity index (χ3v) is 2.66. The fraction of sp³-hybridized carbons (Fsp3) is 0.846. The van der Waals surface area contributed by atoms with Gasteiger partial charge in [0.05, 0.1) is 13.1 Å². The number of aliphatic carboxylic acids is 1. The number of amides is 1.